The van der Waals surface area contributed by atoms with Crippen LogP contribution in [0.4, 0.5) is 0 Å². The lowest BCUT2D eigenvalue weighted by Gasteiger charge is -2.20. The highest BCUT2D eigenvalue weighted by Gasteiger charge is 2.14. The fourth-order valence-electron chi connectivity index (χ4n) is 2.59. The van der Waals surface area contributed by atoms with E-state index in [9.17, 15) is 0 Å². The Hall–Kier alpha value is -2.20. The molecular weight excluding hydrogens is 278 g/mol. The summed E-state index contributed by atoms with van der Waals surface area (Å²) in [6, 6.07) is 13.9. The van der Waals surface area contributed by atoms with E-state index in [1.54, 1.807) is 0 Å². The van der Waals surface area contributed by atoms with Gasteiger partial charge in [-0.3, -0.25) is 0 Å². The summed E-state index contributed by atoms with van der Waals surface area (Å²) in [4.78, 5) is 0. The number of hydrogen-bond acceptors (Lipinski definition) is 4. The third-order valence-electron chi connectivity index (χ3n) is 3.66. The van der Waals surface area contributed by atoms with Crippen molar-refractivity contribution < 1.29 is 14.2 Å². The van der Waals surface area contributed by atoms with Gasteiger partial charge < -0.3 is 19.9 Å². The van der Waals surface area contributed by atoms with Crippen LogP contribution in [0.2, 0.25) is 0 Å². The number of benzene rings is 2. The maximum atomic E-state index is 6.34. The molecule has 0 aromatic heterocycles. The molecule has 116 valence electrons. The molecule has 0 bridgehead atoms. The van der Waals surface area contributed by atoms with Gasteiger partial charge in [-0.1, -0.05) is 18.2 Å². The monoisotopic (exact) mass is 299 g/mol. The Kier molecular flexibility index (Phi) is 4.49. The predicted molar refractivity (Wildman–Crippen MR) is 85.7 cm³/mol. The van der Waals surface area contributed by atoms with Gasteiger partial charge in [0.05, 0.1) is 6.61 Å². The molecule has 1 aliphatic heterocycles. The molecule has 3 rings (SSSR count). The molecule has 0 radical (unpaired) electrons. The summed E-state index contributed by atoms with van der Waals surface area (Å²) in [5.41, 5.74) is 8.55. The van der Waals surface area contributed by atoms with Gasteiger partial charge in [-0.2, -0.15) is 0 Å². The van der Waals surface area contributed by atoms with E-state index in [0.29, 0.717) is 19.8 Å². The van der Waals surface area contributed by atoms with Crippen molar-refractivity contribution in [2.45, 2.75) is 19.4 Å². The van der Waals surface area contributed by atoms with Crippen LogP contribution in [0.3, 0.4) is 0 Å². The Morgan fingerprint density at radius 1 is 1.09 bits per heavy atom. The van der Waals surface area contributed by atoms with Crippen LogP contribution in [0.15, 0.2) is 42.5 Å². The maximum absolute atomic E-state index is 6.34. The van der Waals surface area contributed by atoms with Crippen molar-refractivity contribution in [3.05, 3.63) is 53.6 Å². The van der Waals surface area contributed by atoms with Gasteiger partial charge in [-0.15, -0.1) is 0 Å². The van der Waals surface area contributed by atoms with E-state index in [-0.39, 0.29) is 6.04 Å². The Labute approximate surface area is 130 Å². The lowest BCUT2D eigenvalue weighted by molar-refractivity contribution is 0.171. The minimum Gasteiger partial charge on any atom is -0.494 e. The predicted octanol–water partition coefficient (Wildman–Crippen LogP) is 3.10. The summed E-state index contributed by atoms with van der Waals surface area (Å²) in [5.74, 6) is 2.47. The summed E-state index contributed by atoms with van der Waals surface area (Å²) in [6.45, 7) is 3.83. The zero-order valence-electron chi connectivity index (χ0n) is 12.7. The van der Waals surface area contributed by atoms with Crippen molar-refractivity contribution in [3.63, 3.8) is 0 Å². The van der Waals surface area contributed by atoms with Crippen LogP contribution in [0.5, 0.6) is 17.2 Å². The van der Waals surface area contributed by atoms with Crippen molar-refractivity contribution in [3.8, 4) is 17.2 Å². The molecule has 0 saturated carbocycles. The molecule has 0 spiro atoms. The van der Waals surface area contributed by atoms with Gasteiger partial charge >= 0.3 is 0 Å². The lowest BCUT2D eigenvalue weighted by atomic mass is 9.99. The topological polar surface area (TPSA) is 53.7 Å². The first-order valence-electron chi connectivity index (χ1n) is 7.63. The molecular formula is C18H21NO3. The van der Waals surface area contributed by atoms with E-state index in [1.165, 1.54) is 0 Å². The molecule has 22 heavy (non-hydrogen) atoms. The minimum atomic E-state index is -0.0806. The number of rotatable bonds is 5. The van der Waals surface area contributed by atoms with Gasteiger partial charge in [-0.25, -0.2) is 0 Å². The van der Waals surface area contributed by atoms with Crippen LogP contribution in [0, 0.1) is 0 Å². The van der Waals surface area contributed by atoms with Gasteiger partial charge in [0.15, 0.2) is 11.5 Å². The molecule has 0 saturated heterocycles. The van der Waals surface area contributed by atoms with Crippen LogP contribution in [-0.2, 0) is 6.42 Å². The third-order valence-corrected chi connectivity index (χ3v) is 3.66. The second kappa shape index (κ2) is 6.71. The SMILES string of the molecule is CCOc1cccc(C(N)Cc2ccc3c(c2)OCCO3)c1. The fraction of sp³-hybridized carbons (Fsp3) is 0.333. The zero-order valence-corrected chi connectivity index (χ0v) is 12.7. The molecule has 1 atom stereocenters. The van der Waals surface area contributed by atoms with Crippen molar-refractivity contribution in [1.29, 1.82) is 0 Å². The first-order valence-corrected chi connectivity index (χ1v) is 7.63. The highest BCUT2D eigenvalue weighted by Crippen LogP contribution is 2.32. The van der Waals surface area contributed by atoms with Gasteiger partial charge in [0.1, 0.15) is 19.0 Å². The normalized spacial score (nSPS) is 14.5. The van der Waals surface area contributed by atoms with Crippen molar-refractivity contribution in [2.24, 2.45) is 5.73 Å². The van der Waals surface area contributed by atoms with E-state index < -0.39 is 0 Å². The summed E-state index contributed by atoms with van der Waals surface area (Å²) < 4.78 is 16.7. The Bertz CT molecular complexity index is 642. The second-order valence-electron chi connectivity index (χ2n) is 5.29. The molecule has 0 amide bonds. The molecule has 2 N–H and O–H groups in total. The summed E-state index contributed by atoms with van der Waals surface area (Å²) in [7, 11) is 0. The lowest BCUT2D eigenvalue weighted by Crippen LogP contribution is -2.16. The second-order valence-corrected chi connectivity index (χ2v) is 5.29. The standard InChI is InChI=1S/C18H21NO3/c1-2-20-15-5-3-4-14(12-15)16(19)10-13-6-7-17-18(11-13)22-9-8-21-17/h3-7,11-12,16H,2,8-10,19H2,1H3. The van der Waals surface area contributed by atoms with E-state index >= 15 is 0 Å². The van der Waals surface area contributed by atoms with E-state index in [0.717, 1.165) is 34.8 Å². The highest BCUT2D eigenvalue weighted by molar-refractivity contribution is 5.44. The summed E-state index contributed by atoms with van der Waals surface area (Å²) in [5, 5.41) is 0. The quantitative estimate of drug-likeness (QED) is 0.921. The molecule has 0 aliphatic carbocycles. The minimum absolute atomic E-state index is 0.0806. The molecule has 1 unspecified atom stereocenters. The van der Waals surface area contributed by atoms with Gasteiger partial charge in [0.25, 0.3) is 0 Å². The van der Waals surface area contributed by atoms with Crippen molar-refractivity contribution in [2.75, 3.05) is 19.8 Å². The fourth-order valence-corrected chi connectivity index (χ4v) is 2.59. The summed E-state index contributed by atoms with van der Waals surface area (Å²) in [6.07, 6.45) is 0.742. The molecule has 0 fully saturated rings. The largest absolute Gasteiger partial charge is 0.494 e. The first-order chi connectivity index (χ1) is 10.8. The van der Waals surface area contributed by atoms with E-state index in [1.807, 2.05) is 49.4 Å². The molecule has 2 aromatic rings. The number of ether oxygens (including phenoxy) is 3. The smallest absolute Gasteiger partial charge is 0.161 e. The zero-order chi connectivity index (χ0) is 15.4. The molecule has 4 heteroatoms. The van der Waals surface area contributed by atoms with Crippen LogP contribution in [0.1, 0.15) is 24.1 Å². The number of nitrogens with two attached hydrogens (primary N) is 1. The Morgan fingerprint density at radius 2 is 1.91 bits per heavy atom. The van der Waals surface area contributed by atoms with E-state index in [4.69, 9.17) is 19.9 Å². The van der Waals surface area contributed by atoms with Crippen LogP contribution < -0.4 is 19.9 Å². The summed E-state index contributed by atoms with van der Waals surface area (Å²) >= 11 is 0. The van der Waals surface area contributed by atoms with Crippen molar-refractivity contribution >= 4 is 0 Å². The Balaban J connectivity index is 1.73. The first kappa shape index (κ1) is 14.7. The molecule has 1 aliphatic rings. The highest BCUT2D eigenvalue weighted by atomic mass is 16.6. The van der Waals surface area contributed by atoms with Crippen LogP contribution >= 0.6 is 0 Å². The van der Waals surface area contributed by atoms with Gasteiger partial charge in [0.2, 0.25) is 0 Å². The number of hydrogen-bond donors (Lipinski definition) is 1. The average molecular weight is 299 g/mol. The van der Waals surface area contributed by atoms with Gasteiger partial charge in [0, 0.05) is 6.04 Å². The van der Waals surface area contributed by atoms with Crippen LogP contribution in [0.25, 0.3) is 0 Å². The molecule has 4 nitrogen and oxygen atoms in total. The third kappa shape index (κ3) is 3.34. The average Bonchev–Trinajstić information content (AvgIpc) is 2.55. The maximum Gasteiger partial charge on any atom is 0.161 e. The van der Waals surface area contributed by atoms with Crippen molar-refractivity contribution in [1.82, 2.24) is 0 Å². The number of fused-ring (bicyclic) bond motifs is 1. The van der Waals surface area contributed by atoms with Crippen LogP contribution in [-0.4, -0.2) is 19.8 Å². The van der Waals surface area contributed by atoms with Gasteiger partial charge in [-0.05, 0) is 48.7 Å². The van der Waals surface area contributed by atoms with E-state index in [2.05, 4.69) is 0 Å². The molecule has 2 aromatic carbocycles. The Morgan fingerprint density at radius 3 is 2.73 bits per heavy atom. The molecule has 1 heterocycles.